The maximum atomic E-state index is 13.7. The number of aliphatic carboxylic acids is 1. The lowest BCUT2D eigenvalue weighted by molar-refractivity contribution is -0.143. The van der Waals surface area contributed by atoms with E-state index < -0.39 is 35.2 Å². The standard InChI is InChI=1S/C17H16F3N3O3.ClH/c1-10-4-2-3-5-13(10)23-14(17(18,19)20)12(8-21-23)15(24)22-7-6-11(9-22)16(25)26;/h2-5,8,11H,6-7,9H2,1H3,(H,25,26);1H. The molecule has 6 nitrogen and oxygen atoms in total. The maximum absolute atomic E-state index is 13.7. The van der Waals surface area contributed by atoms with E-state index in [0.717, 1.165) is 11.1 Å². The van der Waals surface area contributed by atoms with Crippen molar-refractivity contribution >= 4 is 24.3 Å². The van der Waals surface area contributed by atoms with Crippen LogP contribution >= 0.6 is 12.4 Å². The average molecular weight is 404 g/mol. The summed E-state index contributed by atoms with van der Waals surface area (Å²) in [7, 11) is 0. The predicted octanol–water partition coefficient (Wildman–Crippen LogP) is 3.17. The van der Waals surface area contributed by atoms with Crippen molar-refractivity contribution in [2.75, 3.05) is 13.1 Å². The Bertz CT molecular complexity index is 867. The quantitative estimate of drug-likeness (QED) is 0.854. The summed E-state index contributed by atoms with van der Waals surface area (Å²) in [6.45, 7) is 1.64. The van der Waals surface area contributed by atoms with Gasteiger partial charge in [0.15, 0.2) is 5.69 Å². The molecule has 0 saturated carbocycles. The minimum absolute atomic E-state index is 0. The Morgan fingerprint density at radius 3 is 2.48 bits per heavy atom. The number of amides is 1. The molecule has 0 spiro atoms. The summed E-state index contributed by atoms with van der Waals surface area (Å²) >= 11 is 0. The molecule has 1 aromatic heterocycles. The summed E-state index contributed by atoms with van der Waals surface area (Å²) in [6, 6.07) is 6.42. The van der Waals surface area contributed by atoms with Gasteiger partial charge in [0, 0.05) is 13.1 Å². The van der Waals surface area contributed by atoms with Gasteiger partial charge >= 0.3 is 12.1 Å². The number of likely N-dealkylation sites (tertiary alicyclic amines) is 1. The number of hydrogen-bond donors (Lipinski definition) is 1. The zero-order valence-electron chi connectivity index (χ0n) is 14.2. The summed E-state index contributed by atoms with van der Waals surface area (Å²) in [5.74, 6) is -2.69. The second-order valence-corrected chi connectivity index (χ2v) is 6.18. The van der Waals surface area contributed by atoms with Gasteiger partial charge in [0.05, 0.1) is 23.4 Å². The number of carboxylic acids is 1. The number of alkyl halides is 3. The largest absolute Gasteiger partial charge is 0.481 e. The minimum Gasteiger partial charge on any atom is -0.481 e. The summed E-state index contributed by atoms with van der Waals surface area (Å²) < 4.78 is 41.8. The molecule has 1 fully saturated rings. The van der Waals surface area contributed by atoms with Crippen molar-refractivity contribution in [3.05, 3.63) is 47.3 Å². The Kier molecular flexibility index (Phi) is 5.84. The molecule has 1 atom stereocenters. The Balaban J connectivity index is 0.00000261. The van der Waals surface area contributed by atoms with Crippen molar-refractivity contribution in [2.24, 2.45) is 5.92 Å². The molecule has 1 aliphatic heterocycles. The van der Waals surface area contributed by atoms with E-state index >= 15 is 0 Å². The Hall–Kier alpha value is -2.55. The molecule has 1 unspecified atom stereocenters. The molecular formula is C17H17ClF3N3O3. The van der Waals surface area contributed by atoms with Crippen molar-refractivity contribution in [2.45, 2.75) is 19.5 Å². The van der Waals surface area contributed by atoms with Crippen LogP contribution in [0.25, 0.3) is 5.69 Å². The monoisotopic (exact) mass is 403 g/mol. The molecule has 1 aromatic carbocycles. The number of aryl methyl sites for hydroxylation is 1. The van der Waals surface area contributed by atoms with Gasteiger partial charge in [-0.25, -0.2) is 4.68 Å². The van der Waals surface area contributed by atoms with E-state index in [1.165, 1.54) is 6.07 Å². The van der Waals surface area contributed by atoms with E-state index in [9.17, 15) is 22.8 Å². The molecule has 27 heavy (non-hydrogen) atoms. The van der Waals surface area contributed by atoms with Crippen LogP contribution in [0.2, 0.25) is 0 Å². The number of carbonyl (C=O) groups excluding carboxylic acids is 1. The van der Waals surface area contributed by atoms with Gasteiger partial charge in [0.2, 0.25) is 0 Å². The first-order chi connectivity index (χ1) is 12.2. The normalized spacial score (nSPS) is 16.9. The van der Waals surface area contributed by atoms with Crippen molar-refractivity contribution < 1.29 is 27.9 Å². The highest BCUT2D eigenvalue weighted by molar-refractivity contribution is 5.96. The van der Waals surface area contributed by atoms with Crippen LogP contribution in [0.1, 0.15) is 28.0 Å². The van der Waals surface area contributed by atoms with E-state index in [1.54, 1.807) is 25.1 Å². The van der Waals surface area contributed by atoms with Crippen molar-refractivity contribution in [1.82, 2.24) is 14.7 Å². The highest BCUT2D eigenvalue weighted by Crippen LogP contribution is 2.35. The fourth-order valence-corrected chi connectivity index (χ4v) is 3.08. The van der Waals surface area contributed by atoms with Crippen LogP contribution < -0.4 is 0 Å². The number of halogens is 4. The number of nitrogens with zero attached hydrogens (tertiary/aromatic N) is 3. The van der Waals surface area contributed by atoms with Gasteiger partial charge in [0.1, 0.15) is 0 Å². The van der Waals surface area contributed by atoms with Crippen LogP contribution in [0.5, 0.6) is 0 Å². The van der Waals surface area contributed by atoms with Crippen molar-refractivity contribution in [3.8, 4) is 5.69 Å². The Labute approximate surface area is 159 Å². The SMILES string of the molecule is Cc1ccccc1-n1ncc(C(=O)N2CCC(C(=O)O)C2)c1C(F)(F)F.Cl. The van der Waals surface area contributed by atoms with E-state index in [0.29, 0.717) is 10.2 Å². The summed E-state index contributed by atoms with van der Waals surface area (Å²) in [5, 5.41) is 12.8. The molecule has 146 valence electrons. The third-order valence-electron chi connectivity index (χ3n) is 4.44. The van der Waals surface area contributed by atoms with Crippen LogP contribution in [0, 0.1) is 12.8 Å². The average Bonchev–Trinajstić information content (AvgIpc) is 3.21. The third kappa shape index (κ3) is 3.92. The third-order valence-corrected chi connectivity index (χ3v) is 4.44. The summed E-state index contributed by atoms with van der Waals surface area (Å²) in [6.07, 6.45) is -3.68. The van der Waals surface area contributed by atoms with Crippen LogP contribution in [-0.2, 0) is 11.0 Å². The number of carbonyl (C=O) groups is 2. The topological polar surface area (TPSA) is 75.4 Å². The van der Waals surface area contributed by atoms with Gasteiger partial charge in [0.25, 0.3) is 5.91 Å². The predicted molar refractivity (Wildman–Crippen MR) is 92.2 cm³/mol. The maximum Gasteiger partial charge on any atom is 0.434 e. The number of carboxylic acid groups (broad SMARTS) is 1. The van der Waals surface area contributed by atoms with Crippen LogP contribution in [0.4, 0.5) is 13.2 Å². The Morgan fingerprint density at radius 2 is 1.93 bits per heavy atom. The second-order valence-electron chi connectivity index (χ2n) is 6.18. The van der Waals surface area contributed by atoms with E-state index in [-0.39, 0.29) is 37.6 Å². The molecule has 10 heteroatoms. The highest BCUT2D eigenvalue weighted by Gasteiger charge is 2.42. The zero-order valence-corrected chi connectivity index (χ0v) is 15.0. The zero-order chi connectivity index (χ0) is 19.1. The van der Waals surface area contributed by atoms with Crippen molar-refractivity contribution in [1.29, 1.82) is 0 Å². The molecule has 1 saturated heterocycles. The van der Waals surface area contributed by atoms with Crippen molar-refractivity contribution in [3.63, 3.8) is 0 Å². The number of rotatable bonds is 3. The number of aromatic nitrogens is 2. The van der Waals surface area contributed by atoms with Gasteiger partial charge < -0.3 is 10.0 Å². The first-order valence-corrected chi connectivity index (χ1v) is 7.93. The minimum atomic E-state index is -4.80. The highest BCUT2D eigenvalue weighted by atomic mass is 35.5. The molecule has 3 rings (SSSR count). The molecule has 2 heterocycles. The van der Waals surface area contributed by atoms with Gasteiger partial charge in [-0.05, 0) is 25.0 Å². The molecule has 1 N–H and O–H groups in total. The van der Waals surface area contributed by atoms with E-state index in [2.05, 4.69) is 5.10 Å². The molecule has 1 amide bonds. The lowest BCUT2D eigenvalue weighted by atomic mass is 10.1. The Morgan fingerprint density at radius 1 is 1.26 bits per heavy atom. The lowest BCUT2D eigenvalue weighted by Crippen LogP contribution is -2.31. The van der Waals surface area contributed by atoms with Crippen LogP contribution in [0.15, 0.2) is 30.5 Å². The van der Waals surface area contributed by atoms with Gasteiger partial charge in [-0.3, -0.25) is 9.59 Å². The fraction of sp³-hybridized carbons (Fsp3) is 0.353. The molecule has 0 aliphatic carbocycles. The van der Waals surface area contributed by atoms with Gasteiger partial charge in [-0.1, -0.05) is 18.2 Å². The first kappa shape index (κ1) is 20.8. The molecule has 0 bridgehead atoms. The van der Waals surface area contributed by atoms with E-state index in [4.69, 9.17) is 5.11 Å². The molecule has 2 aromatic rings. The molecule has 0 radical (unpaired) electrons. The number of para-hydroxylation sites is 1. The number of hydrogen-bond acceptors (Lipinski definition) is 3. The fourth-order valence-electron chi connectivity index (χ4n) is 3.08. The summed E-state index contributed by atoms with van der Waals surface area (Å²) in [5.41, 5.74) is -0.932. The second kappa shape index (κ2) is 7.59. The molecular weight excluding hydrogens is 387 g/mol. The smallest absolute Gasteiger partial charge is 0.434 e. The first-order valence-electron chi connectivity index (χ1n) is 7.93. The summed E-state index contributed by atoms with van der Waals surface area (Å²) in [4.78, 5) is 24.7. The van der Waals surface area contributed by atoms with Gasteiger partial charge in [-0.15, -0.1) is 12.4 Å². The van der Waals surface area contributed by atoms with E-state index in [1.807, 2.05) is 0 Å². The van der Waals surface area contributed by atoms with Crippen LogP contribution in [-0.4, -0.2) is 44.8 Å². The molecule has 1 aliphatic rings. The van der Waals surface area contributed by atoms with Crippen LogP contribution in [0.3, 0.4) is 0 Å². The van der Waals surface area contributed by atoms with Gasteiger partial charge in [-0.2, -0.15) is 18.3 Å². The lowest BCUT2D eigenvalue weighted by Gasteiger charge is -2.18. The number of benzene rings is 1.